The predicted molar refractivity (Wildman–Crippen MR) is 100 cm³/mol. The number of amides is 1. The average Bonchev–Trinajstić information content (AvgIpc) is 3.17. The Hall–Kier alpha value is -2.93. The van der Waals surface area contributed by atoms with Crippen molar-refractivity contribution in [2.45, 2.75) is 13.0 Å². The topological polar surface area (TPSA) is 64.5 Å². The van der Waals surface area contributed by atoms with Crippen LogP contribution in [0.2, 0.25) is 0 Å². The van der Waals surface area contributed by atoms with Gasteiger partial charge < -0.3 is 9.47 Å². The third kappa shape index (κ3) is 3.01. The molecular formula is C19H17N3O3S. The quantitative estimate of drug-likeness (QED) is 0.707. The van der Waals surface area contributed by atoms with Crippen molar-refractivity contribution in [2.75, 3.05) is 18.6 Å². The minimum absolute atomic E-state index is 0.103. The number of thiazole rings is 1. The maximum Gasteiger partial charge on any atom is 0.278 e. The van der Waals surface area contributed by atoms with Crippen LogP contribution in [0, 0.1) is 0 Å². The number of nitrogens with zero attached hydrogens (tertiary/aromatic N) is 3. The van der Waals surface area contributed by atoms with Crippen molar-refractivity contribution in [1.82, 2.24) is 9.97 Å². The molecule has 0 radical (unpaired) electrons. The van der Waals surface area contributed by atoms with Crippen LogP contribution in [0.3, 0.4) is 0 Å². The molecule has 2 aromatic heterocycles. The van der Waals surface area contributed by atoms with Gasteiger partial charge in [-0.25, -0.2) is 4.98 Å². The number of rotatable bonds is 3. The van der Waals surface area contributed by atoms with Crippen molar-refractivity contribution in [3.05, 3.63) is 53.7 Å². The monoisotopic (exact) mass is 367 g/mol. The normalized spacial score (nSPS) is 15.9. The number of pyridine rings is 1. The van der Waals surface area contributed by atoms with E-state index in [-0.39, 0.29) is 12.0 Å². The molecule has 0 saturated carbocycles. The second-order valence-electron chi connectivity index (χ2n) is 5.93. The Morgan fingerprint density at radius 1 is 1.35 bits per heavy atom. The van der Waals surface area contributed by atoms with E-state index in [1.165, 1.54) is 11.3 Å². The first-order chi connectivity index (χ1) is 12.7. The van der Waals surface area contributed by atoms with Crippen molar-refractivity contribution in [3.63, 3.8) is 0 Å². The number of ether oxygens (including phenoxy) is 2. The van der Waals surface area contributed by atoms with Gasteiger partial charge in [0.1, 0.15) is 28.3 Å². The van der Waals surface area contributed by atoms with Gasteiger partial charge in [-0.05, 0) is 31.2 Å². The molecule has 26 heavy (non-hydrogen) atoms. The van der Waals surface area contributed by atoms with Gasteiger partial charge in [0.15, 0.2) is 0 Å². The van der Waals surface area contributed by atoms with Gasteiger partial charge in [0.05, 0.1) is 25.0 Å². The van der Waals surface area contributed by atoms with E-state index < -0.39 is 0 Å². The van der Waals surface area contributed by atoms with Gasteiger partial charge in [-0.3, -0.25) is 14.7 Å². The Bertz CT molecular complexity index is 942. The van der Waals surface area contributed by atoms with E-state index in [9.17, 15) is 4.79 Å². The molecule has 4 rings (SSSR count). The number of benzene rings is 1. The molecule has 6 nitrogen and oxygen atoms in total. The predicted octanol–water partition coefficient (Wildman–Crippen LogP) is 3.64. The molecule has 1 aromatic carbocycles. The van der Waals surface area contributed by atoms with Crippen LogP contribution < -0.4 is 14.4 Å². The highest BCUT2D eigenvalue weighted by Crippen LogP contribution is 2.37. The first-order valence-corrected chi connectivity index (χ1v) is 9.07. The van der Waals surface area contributed by atoms with Gasteiger partial charge in [-0.15, -0.1) is 11.3 Å². The maximum atomic E-state index is 13.1. The molecule has 0 bridgehead atoms. The van der Waals surface area contributed by atoms with E-state index in [1.54, 1.807) is 23.6 Å². The minimum Gasteiger partial charge on any atom is -0.497 e. The molecule has 7 heteroatoms. The summed E-state index contributed by atoms with van der Waals surface area (Å²) in [5.74, 6) is 1.18. The van der Waals surface area contributed by atoms with Crippen LogP contribution in [0.5, 0.6) is 11.5 Å². The lowest BCUT2D eigenvalue weighted by Gasteiger charge is -2.33. The van der Waals surface area contributed by atoms with Gasteiger partial charge in [0, 0.05) is 17.6 Å². The SMILES string of the molecule is COc1ccc2c(c1)N(C(=O)c1csc(-c3ccccn3)n1)CC(C)O2. The van der Waals surface area contributed by atoms with Crippen LogP contribution in [0.25, 0.3) is 10.7 Å². The molecule has 0 aliphatic carbocycles. The Labute approximate surface area is 155 Å². The number of methoxy groups -OCH3 is 1. The average molecular weight is 367 g/mol. The molecule has 0 fully saturated rings. The zero-order valence-corrected chi connectivity index (χ0v) is 15.2. The molecule has 0 spiro atoms. The fourth-order valence-electron chi connectivity index (χ4n) is 2.85. The van der Waals surface area contributed by atoms with Gasteiger partial charge in [0.2, 0.25) is 0 Å². The first kappa shape index (κ1) is 16.5. The van der Waals surface area contributed by atoms with Crippen molar-refractivity contribution < 1.29 is 14.3 Å². The summed E-state index contributed by atoms with van der Waals surface area (Å²) in [6, 6.07) is 11.1. The van der Waals surface area contributed by atoms with Gasteiger partial charge >= 0.3 is 0 Å². The van der Waals surface area contributed by atoms with Crippen LogP contribution in [0.1, 0.15) is 17.4 Å². The van der Waals surface area contributed by atoms with Crippen LogP contribution in [0.15, 0.2) is 48.0 Å². The summed E-state index contributed by atoms with van der Waals surface area (Å²) < 4.78 is 11.1. The third-order valence-corrected chi connectivity index (χ3v) is 4.94. The number of hydrogen-bond donors (Lipinski definition) is 0. The summed E-state index contributed by atoms with van der Waals surface area (Å²) in [7, 11) is 1.60. The largest absolute Gasteiger partial charge is 0.497 e. The molecular weight excluding hydrogens is 350 g/mol. The molecule has 0 N–H and O–H groups in total. The highest BCUT2D eigenvalue weighted by Gasteiger charge is 2.30. The molecule has 1 unspecified atom stereocenters. The molecule has 1 aliphatic rings. The second-order valence-corrected chi connectivity index (χ2v) is 6.79. The highest BCUT2D eigenvalue weighted by atomic mass is 32.1. The summed E-state index contributed by atoms with van der Waals surface area (Å²) in [5.41, 5.74) is 1.85. The number of carbonyl (C=O) groups excluding carboxylic acids is 1. The molecule has 1 amide bonds. The summed E-state index contributed by atoms with van der Waals surface area (Å²) in [5, 5.41) is 2.49. The number of fused-ring (bicyclic) bond motifs is 1. The molecule has 1 atom stereocenters. The van der Waals surface area contributed by atoms with Crippen LogP contribution in [0.4, 0.5) is 5.69 Å². The Kier molecular flexibility index (Phi) is 4.30. The fourth-order valence-corrected chi connectivity index (χ4v) is 3.62. The smallest absolute Gasteiger partial charge is 0.278 e. The van der Waals surface area contributed by atoms with E-state index in [4.69, 9.17) is 9.47 Å². The Morgan fingerprint density at radius 2 is 2.23 bits per heavy atom. The van der Waals surface area contributed by atoms with E-state index in [2.05, 4.69) is 9.97 Å². The molecule has 1 aliphatic heterocycles. The Balaban J connectivity index is 1.68. The van der Waals surface area contributed by atoms with Gasteiger partial charge in [0.25, 0.3) is 5.91 Å². The number of hydrogen-bond acceptors (Lipinski definition) is 6. The van der Waals surface area contributed by atoms with Gasteiger partial charge in [-0.1, -0.05) is 6.07 Å². The van der Waals surface area contributed by atoms with E-state index in [1.807, 2.05) is 43.3 Å². The first-order valence-electron chi connectivity index (χ1n) is 8.19. The van der Waals surface area contributed by atoms with Crippen LogP contribution in [-0.4, -0.2) is 35.6 Å². The Morgan fingerprint density at radius 3 is 3.00 bits per heavy atom. The van der Waals surface area contributed by atoms with E-state index >= 15 is 0 Å². The maximum absolute atomic E-state index is 13.1. The third-order valence-electron chi connectivity index (χ3n) is 4.08. The fraction of sp³-hybridized carbons (Fsp3) is 0.211. The van der Waals surface area contributed by atoms with Crippen molar-refractivity contribution in [2.24, 2.45) is 0 Å². The molecule has 132 valence electrons. The zero-order valence-electron chi connectivity index (χ0n) is 14.4. The van der Waals surface area contributed by atoms with E-state index in [0.717, 1.165) is 10.7 Å². The zero-order chi connectivity index (χ0) is 18.1. The lowest BCUT2D eigenvalue weighted by atomic mass is 10.1. The number of carbonyl (C=O) groups is 1. The number of anilines is 1. The summed E-state index contributed by atoms with van der Waals surface area (Å²) >= 11 is 1.41. The van der Waals surface area contributed by atoms with Gasteiger partial charge in [-0.2, -0.15) is 0 Å². The van der Waals surface area contributed by atoms with Crippen molar-refractivity contribution >= 4 is 22.9 Å². The lowest BCUT2D eigenvalue weighted by molar-refractivity contribution is 0.0957. The van der Waals surface area contributed by atoms with Crippen molar-refractivity contribution in [1.29, 1.82) is 0 Å². The summed E-state index contributed by atoms with van der Waals surface area (Å²) in [6.45, 7) is 2.39. The molecule has 0 saturated heterocycles. The lowest BCUT2D eigenvalue weighted by Crippen LogP contribution is -2.42. The highest BCUT2D eigenvalue weighted by molar-refractivity contribution is 7.13. The minimum atomic E-state index is -0.159. The summed E-state index contributed by atoms with van der Waals surface area (Å²) in [6.07, 6.45) is 1.61. The van der Waals surface area contributed by atoms with Crippen LogP contribution >= 0.6 is 11.3 Å². The van der Waals surface area contributed by atoms with E-state index in [0.29, 0.717) is 29.4 Å². The van der Waals surface area contributed by atoms with Crippen molar-refractivity contribution in [3.8, 4) is 22.2 Å². The molecule has 3 heterocycles. The standard InChI is InChI=1S/C19H17N3O3S/c1-12-10-22(16-9-13(24-2)6-7-17(16)25-12)19(23)15-11-26-18(21-15)14-5-3-4-8-20-14/h3-9,11-12H,10H2,1-2H3. The van der Waals surface area contributed by atoms with Crippen LogP contribution in [-0.2, 0) is 0 Å². The number of aromatic nitrogens is 2. The second kappa shape index (κ2) is 6.76. The summed E-state index contributed by atoms with van der Waals surface area (Å²) in [4.78, 5) is 23.6. The molecule has 3 aromatic rings.